The van der Waals surface area contributed by atoms with Crippen molar-refractivity contribution in [1.82, 2.24) is 14.9 Å². The molecule has 5 nitrogen and oxygen atoms in total. The number of fused-ring (bicyclic) bond motifs is 1. The van der Waals surface area contributed by atoms with Crippen LogP contribution in [0.2, 0.25) is 5.15 Å². The normalized spacial score (nSPS) is 11.2. The number of anilines is 1. The molecule has 0 aliphatic carbocycles. The summed E-state index contributed by atoms with van der Waals surface area (Å²) in [7, 11) is 1.85. The van der Waals surface area contributed by atoms with Gasteiger partial charge in [-0.15, -0.1) is 0 Å². The SMILES string of the molecule is Cn1nc(Cl)c2cc(-c3cc(N)on3)ccc21. The molecule has 0 bridgehead atoms. The van der Waals surface area contributed by atoms with Gasteiger partial charge in [0.25, 0.3) is 0 Å². The molecule has 0 radical (unpaired) electrons. The van der Waals surface area contributed by atoms with Gasteiger partial charge in [-0.1, -0.05) is 22.8 Å². The molecule has 0 amide bonds. The van der Waals surface area contributed by atoms with Gasteiger partial charge in [0.15, 0.2) is 5.15 Å². The van der Waals surface area contributed by atoms with Crippen molar-refractivity contribution in [2.75, 3.05) is 5.73 Å². The standard InChI is InChI=1S/C11H9ClN4O/c1-16-9-3-2-6(4-7(9)11(12)14-16)8-5-10(13)17-15-8/h2-5H,13H2,1H3. The van der Waals surface area contributed by atoms with E-state index in [0.717, 1.165) is 16.5 Å². The maximum Gasteiger partial charge on any atom is 0.222 e. The molecule has 0 fully saturated rings. The second-order valence-electron chi connectivity index (χ2n) is 3.76. The summed E-state index contributed by atoms with van der Waals surface area (Å²) in [5, 5.41) is 9.36. The van der Waals surface area contributed by atoms with Crippen molar-refractivity contribution >= 4 is 28.4 Å². The molecule has 2 N–H and O–H groups in total. The summed E-state index contributed by atoms with van der Waals surface area (Å²) in [5.74, 6) is 0.289. The van der Waals surface area contributed by atoms with Crippen LogP contribution in [0.15, 0.2) is 28.8 Å². The summed E-state index contributed by atoms with van der Waals surface area (Å²) in [6.07, 6.45) is 0. The van der Waals surface area contributed by atoms with Gasteiger partial charge in [0, 0.05) is 24.1 Å². The minimum absolute atomic E-state index is 0.289. The lowest BCUT2D eigenvalue weighted by Crippen LogP contribution is -1.88. The molecule has 0 saturated carbocycles. The fourth-order valence-electron chi connectivity index (χ4n) is 1.81. The highest BCUT2D eigenvalue weighted by atomic mass is 35.5. The average molecular weight is 249 g/mol. The molecule has 2 heterocycles. The Labute approximate surface area is 102 Å². The van der Waals surface area contributed by atoms with E-state index in [0.29, 0.717) is 10.8 Å². The molecule has 86 valence electrons. The summed E-state index contributed by atoms with van der Waals surface area (Å²) >= 11 is 6.04. The number of rotatable bonds is 1. The first-order chi connectivity index (χ1) is 8.15. The fraction of sp³-hybridized carbons (Fsp3) is 0.0909. The number of hydrogen-bond donors (Lipinski definition) is 1. The molecule has 0 atom stereocenters. The van der Waals surface area contributed by atoms with Crippen LogP contribution in [-0.4, -0.2) is 14.9 Å². The molecule has 3 aromatic rings. The Hall–Kier alpha value is -2.01. The van der Waals surface area contributed by atoms with Gasteiger partial charge in [-0.2, -0.15) is 5.10 Å². The summed E-state index contributed by atoms with van der Waals surface area (Å²) in [6.45, 7) is 0. The van der Waals surface area contributed by atoms with Crippen LogP contribution in [0.5, 0.6) is 0 Å². The van der Waals surface area contributed by atoms with E-state index in [9.17, 15) is 0 Å². The number of nitrogen functional groups attached to an aromatic ring is 1. The molecule has 0 unspecified atom stereocenters. The van der Waals surface area contributed by atoms with E-state index in [4.69, 9.17) is 21.9 Å². The van der Waals surface area contributed by atoms with Crippen LogP contribution in [0, 0.1) is 0 Å². The lowest BCUT2D eigenvalue weighted by Gasteiger charge is -1.97. The van der Waals surface area contributed by atoms with E-state index in [1.807, 2.05) is 25.2 Å². The molecule has 0 spiro atoms. The van der Waals surface area contributed by atoms with Gasteiger partial charge < -0.3 is 10.3 Å². The maximum absolute atomic E-state index is 6.04. The first kappa shape index (κ1) is 10.2. The van der Waals surface area contributed by atoms with Gasteiger partial charge in [-0.25, -0.2) is 0 Å². The van der Waals surface area contributed by atoms with Crippen LogP contribution in [0.4, 0.5) is 5.88 Å². The molecule has 0 saturated heterocycles. The smallest absolute Gasteiger partial charge is 0.222 e. The van der Waals surface area contributed by atoms with E-state index >= 15 is 0 Å². The molecule has 17 heavy (non-hydrogen) atoms. The summed E-state index contributed by atoms with van der Waals surface area (Å²) in [6, 6.07) is 7.46. The molecule has 6 heteroatoms. The molecule has 1 aromatic carbocycles. The molecule has 0 aliphatic heterocycles. The second-order valence-corrected chi connectivity index (χ2v) is 4.12. The van der Waals surface area contributed by atoms with Crippen LogP contribution in [0.3, 0.4) is 0 Å². The average Bonchev–Trinajstić information content (AvgIpc) is 2.85. The first-order valence-electron chi connectivity index (χ1n) is 5.00. The minimum atomic E-state index is 0.289. The largest absolute Gasteiger partial charge is 0.368 e. The van der Waals surface area contributed by atoms with Crippen LogP contribution in [-0.2, 0) is 7.05 Å². The van der Waals surface area contributed by atoms with Crippen LogP contribution >= 0.6 is 11.6 Å². The lowest BCUT2D eigenvalue weighted by atomic mass is 10.1. The molecule has 0 aliphatic rings. The third-order valence-electron chi connectivity index (χ3n) is 2.63. The summed E-state index contributed by atoms with van der Waals surface area (Å²) in [5.41, 5.74) is 8.04. The Morgan fingerprint density at radius 3 is 2.88 bits per heavy atom. The number of nitrogens with two attached hydrogens (primary N) is 1. The molecular weight excluding hydrogens is 240 g/mol. The number of benzene rings is 1. The maximum atomic E-state index is 6.04. The Morgan fingerprint density at radius 1 is 1.35 bits per heavy atom. The van der Waals surface area contributed by atoms with Gasteiger partial charge in [-0.3, -0.25) is 4.68 Å². The van der Waals surface area contributed by atoms with Crippen molar-refractivity contribution in [1.29, 1.82) is 0 Å². The highest BCUT2D eigenvalue weighted by molar-refractivity contribution is 6.34. The Balaban J connectivity index is 2.22. The van der Waals surface area contributed by atoms with Gasteiger partial charge in [0.05, 0.1) is 5.52 Å². The first-order valence-corrected chi connectivity index (χ1v) is 5.38. The van der Waals surface area contributed by atoms with Gasteiger partial charge >= 0.3 is 0 Å². The second kappa shape index (κ2) is 3.49. The summed E-state index contributed by atoms with van der Waals surface area (Å²) in [4.78, 5) is 0. The third kappa shape index (κ3) is 1.55. The van der Waals surface area contributed by atoms with Gasteiger partial charge in [-0.05, 0) is 12.1 Å². The highest BCUT2D eigenvalue weighted by Gasteiger charge is 2.10. The highest BCUT2D eigenvalue weighted by Crippen LogP contribution is 2.28. The van der Waals surface area contributed by atoms with E-state index < -0.39 is 0 Å². The van der Waals surface area contributed by atoms with E-state index in [1.165, 1.54) is 0 Å². The quantitative estimate of drug-likeness (QED) is 0.718. The third-order valence-corrected chi connectivity index (χ3v) is 2.91. The van der Waals surface area contributed by atoms with E-state index in [1.54, 1.807) is 10.7 Å². The monoisotopic (exact) mass is 248 g/mol. The zero-order chi connectivity index (χ0) is 12.0. The zero-order valence-electron chi connectivity index (χ0n) is 9.01. The Kier molecular flexibility index (Phi) is 2.09. The number of aromatic nitrogens is 3. The Morgan fingerprint density at radius 2 is 2.18 bits per heavy atom. The van der Waals surface area contributed by atoms with E-state index in [-0.39, 0.29) is 5.88 Å². The fourth-order valence-corrected chi connectivity index (χ4v) is 2.07. The topological polar surface area (TPSA) is 69.9 Å². The Bertz CT molecular complexity index is 701. The van der Waals surface area contributed by atoms with Crippen molar-refractivity contribution in [3.63, 3.8) is 0 Å². The summed E-state index contributed by atoms with van der Waals surface area (Å²) < 4.78 is 6.58. The zero-order valence-corrected chi connectivity index (χ0v) is 9.77. The molecule has 3 rings (SSSR count). The van der Waals surface area contributed by atoms with Crippen molar-refractivity contribution in [3.05, 3.63) is 29.4 Å². The number of aryl methyl sites for hydroxylation is 1. The minimum Gasteiger partial charge on any atom is -0.368 e. The molecule has 2 aromatic heterocycles. The van der Waals surface area contributed by atoms with E-state index in [2.05, 4.69) is 10.3 Å². The predicted octanol–water partition coefficient (Wildman–Crippen LogP) is 2.46. The van der Waals surface area contributed by atoms with Crippen LogP contribution in [0.25, 0.3) is 22.2 Å². The van der Waals surface area contributed by atoms with Crippen molar-refractivity contribution in [3.8, 4) is 11.3 Å². The van der Waals surface area contributed by atoms with Crippen molar-refractivity contribution in [2.45, 2.75) is 0 Å². The van der Waals surface area contributed by atoms with Crippen molar-refractivity contribution in [2.24, 2.45) is 7.05 Å². The molecular formula is C11H9ClN4O. The van der Waals surface area contributed by atoms with Gasteiger partial charge in [0.2, 0.25) is 5.88 Å². The lowest BCUT2D eigenvalue weighted by molar-refractivity contribution is 0.439. The van der Waals surface area contributed by atoms with Gasteiger partial charge in [0.1, 0.15) is 5.69 Å². The number of halogens is 1. The predicted molar refractivity (Wildman–Crippen MR) is 65.6 cm³/mol. The number of hydrogen-bond acceptors (Lipinski definition) is 4. The van der Waals surface area contributed by atoms with Crippen LogP contribution in [0.1, 0.15) is 0 Å². The van der Waals surface area contributed by atoms with Crippen LogP contribution < -0.4 is 5.73 Å². The van der Waals surface area contributed by atoms with Crippen molar-refractivity contribution < 1.29 is 4.52 Å². The number of nitrogens with zero attached hydrogens (tertiary/aromatic N) is 3.